The SMILES string of the molecule is CNC(C)Cc1cccc(OC(=O)N(C)C)c1. The molecule has 0 heterocycles. The minimum absolute atomic E-state index is 0.358. The van der Waals surface area contributed by atoms with Crippen molar-refractivity contribution >= 4 is 6.09 Å². The molecule has 0 saturated heterocycles. The standard InChI is InChI=1S/C13H20N2O2/c1-10(14-2)8-11-6-5-7-12(9-11)17-13(16)15(3)4/h5-7,9-10,14H,8H2,1-4H3. The molecule has 1 N–H and O–H groups in total. The molecule has 0 aromatic heterocycles. The average Bonchev–Trinajstić information content (AvgIpc) is 2.29. The van der Waals surface area contributed by atoms with E-state index >= 15 is 0 Å². The van der Waals surface area contributed by atoms with Gasteiger partial charge in [0.05, 0.1) is 0 Å². The molecule has 0 aliphatic rings. The molecule has 4 heteroatoms. The van der Waals surface area contributed by atoms with Crippen LogP contribution in [-0.4, -0.2) is 38.2 Å². The van der Waals surface area contributed by atoms with E-state index in [1.54, 1.807) is 20.2 Å². The van der Waals surface area contributed by atoms with Crippen LogP contribution in [0.2, 0.25) is 0 Å². The fourth-order valence-corrected chi connectivity index (χ4v) is 1.38. The number of carbonyl (C=O) groups excluding carboxylic acids is 1. The number of hydrogen-bond donors (Lipinski definition) is 1. The average molecular weight is 236 g/mol. The van der Waals surface area contributed by atoms with Gasteiger partial charge >= 0.3 is 6.09 Å². The molecule has 94 valence electrons. The van der Waals surface area contributed by atoms with E-state index in [-0.39, 0.29) is 6.09 Å². The molecule has 1 aromatic rings. The predicted octanol–water partition coefficient (Wildman–Crippen LogP) is 1.90. The van der Waals surface area contributed by atoms with Crippen molar-refractivity contribution in [1.82, 2.24) is 10.2 Å². The van der Waals surface area contributed by atoms with Crippen molar-refractivity contribution in [2.24, 2.45) is 0 Å². The van der Waals surface area contributed by atoms with E-state index in [2.05, 4.69) is 12.2 Å². The molecule has 1 unspecified atom stereocenters. The van der Waals surface area contributed by atoms with Crippen molar-refractivity contribution in [3.8, 4) is 5.75 Å². The normalized spacial score (nSPS) is 12.0. The molecule has 0 fully saturated rings. The third-order valence-electron chi connectivity index (χ3n) is 2.50. The Hall–Kier alpha value is -1.55. The summed E-state index contributed by atoms with van der Waals surface area (Å²) in [4.78, 5) is 12.8. The highest BCUT2D eigenvalue weighted by molar-refractivity contribution is 5.69. The molecule has 0 spiro atoms. The topological polar surface area (TPSA) is 41.6 Å². The summed E-state index contributed by atoms with van der Waals surface area (Å²) in [7, 11) is 5.26. The molecule has 1 atom stereocenters. The van der Waals surface area contributed by atoms with Gasteiger partial charge in [0.25, 0.3) is 0 Å². The number of amides is 1. The van der Waals surface area contributed by atoms with Gasteiger partial charge in [0.15, 0.2) is 0 Å². The molecule has 1 rings (SSSR count). The Bertz CT molecular complexity index is 377. The highest BCUT2D eigenvalue weighted by Gasteiger charge is 2.07. The van der Waals surface area contributed by atoms with Crippen LogP contribution < -0.4 is 10.1 Å². The van der Waals surface area contributed by atoms with Crippen molar-refractivity contribution in [1.29, 1.82) is 0 Å². The molecule has 0 saturated carbocycles. The first-order valence-electron chi connectivity index (χ1n) is 5.68. The summed E-state index contributed by atoms with van der Waals surface area (Å²) < 4.78 is 5.20. The predicted molar refractivity (Wildman–Crippen MR) is 68.4 cm³/mol. The lowest BCUT2D eigenvalue weighted by Crippen LogP contribution is -2.25. The van der Waals surface area contributed by atoms with Crippen molar-refractivity contribution in [2.45, 2.75) is 19.4 Å². The van der Waals surface area contributed by atoms with Crippen LogP contribution in [0, 0.1) is 0 Å². The Morgan fingerprint density at radius 1 is 1.47 bits per heavy atom. The van der Waals surface area contributed by atoms with Gasteiger partial charge < -0.3 is 15.0 Å². The number of likely N-dealkylation sites (N-methyl/N-ethyl adjacent to an activating group) is 1. The van der Waals surface area contributed by atoms with Gasteiger partial charge in [-0.25, -0.2) is 4.79 Å². The maximum Gasteiger partial charge on any atom is 0.414 e. The summed E-state index contributed by atoms with van der Waals surface area (Å²) in [5, 5.41) is 3.18. The summed E-state index contributed by atoms with van der Waals surface area (Å²) in [5.41, 5.74) is 1.15. The molecular formula is C13H20N2O2. The third kappa shape index (κ3) is 4.44. The van der Waals surface area contributed by atoms with Gasteiger partial charge in [0.2, 0.25) is 0 Å². The summed E-state index contributed by atoms with van der Waals surface area (Å²) >= 11 is 0. The summed E-state index contributed by atoms with van der Waals surface area (Å²) in [5.74, 6) is 0.588. The molecular weight excluding hydrogens is 216 g/mol. The van der Waals surface area contributed by atoms with E-state index in [1.807, 2.05) is 25.2 Å². The van der Waals surface area contributed by atoms with Crippen molar-refractivity contribution in [2.75, 3.05) is 21.1 Å². The summed E-state index contributed by atoms with van der Waals surface area (Å²) in [6.45, 7) is 2.11. The number of rotatable bonds is 4. The smallest absolute Gasteiger partial charge is 0.410 e. The Balaban J connectivity index is 2.69. The Morgan fingerprint density at radius 3 is 2.76 bits per heavy atom. The first-order chi connectivity index (χ1) is 8.02. The minimum Gasteiger partial charge on any atom is -0.410 e. The van der Waals surface area contributed by atoms with E-state index in [0.717, 1.165) is 12.0 Å². The zero-order chi connectivity index (χ0) is 12.8. The first kappa shape index (κ1) is 13.5. The molecule has 4 nitrogen and oxygen atoms in total. The Kier molecular flexibility index (Phi) is 4.97. The van der Waals surface area contributed by atoms with Crippen LogP contribution in [-0.2, 0) is 6.42 Å². The van der Waals surface area contributed by atoms with E-state index < -0.39 is 0 Å². The van der Waals surface area contributed by atoms with Crippen LogP contribution >= 0.6 is 0 Å². The zero-order valence-corrected chi connectivity index (χ0v) is 10.9. The fourth-order valence-electron chi connectivity index (χ4n) is 1.38. The second-order valence-electron chi connectivity index (χ2n) is 4.30. The van der Waals surface area contributed by atoms with Gasteiger partial charge in [0, 0.05) is 20.1 Å². The van der Waals surface area contributed by atoms with Crippen LogP contribution in [0.5, 0.6) is 5.75 Å². The Labute approximate surface area is 103 Å². The van der Waals surface area contributed by atoms with E-state index in [0.29, 0.717) is 11.8 Å². The molecule has 0 aliphatic carbocycles. The number of carbonyl (C=O) groups is 1. The molecule has 17 heavy (non-hydrogen) atoms. The van der Waals surface area contributed by atoms with Gasteiger partial charge in [-0.1, -0.05) is 12.1 Å². The quantitative estimate of drug-likeness (QED) is 0.868. The van der Waals surface area contributed by atoms with Crippen molar-refractivity contribution in [3.63, 3.8) is 0 Å². The van der Waals surface area contributed by atoms with E-state index in [1.165, 1.54) is 4.90 Å². The minimum atomic E-state index is -0.358. The summed E-state index contributed by atoms with van der Waals surface area (Å²) in [6, 6.07) is 8.01. The monoisotopic (exact) mass is 236 g/mol. The number of nitrogens with one attached hydrogen (secondary N) is 1. The second-order valence-corrected chi connectivity index (χ2v) is 4.30. The van der Waals surface area contributed by atoms with Gasteiger partial charge in [-0.3, -0.25) is 0 Å². The van der Waals surface area contributed by atoms with E-state index in [4.69, 9.17) is 4.74 Å². The highest BCUT2D eigenvalue weighted by atomic mass is 16.6. The van der Waals surface area contributed by atoms with Crippen LogP contribution in [0.25, 0.3) is 0 Å². The van der Waals surface area contributed by atoms with Gasteiger partial charge in [-0.15, -0.1) is 0 Å². The van der Waals surface area contributed by atoms with Crippen molar-refractivity contribution in [3.05, 3.63) is 29.8 Å². The number of hydrogen-bond acceptors (Lipinski definition) is 3. The fraction of sp³-hybridized carbons (Fsp3) is 0.462. The molecule has 1 aromatic carbocycles. The van der Waals surface area contributed by atoms with Crippen LogP contribution in [0.15, 0.2) is 24.3 Å². The number of ether oxygens (including phenoxy) is 1. The van der Waals surface area contributed by atoms with Gasteiger partial charge in [-0.2, -0.15) is 0 Å². The van der Waals surface area contributed by atoms with Crippen LogP contribution in [0.1, 0.15) is 12.5 Å². The molecule has 1 amide bonds. The highest BCUT2D eigenvalue weighted by Crippen LogP contribution is 2.15. The maximum atomic E-state index is 11.4. The van der Waals surface area contributed by atoms with Gasteiger partial charge in [0.1, 0.15) is 5.75 Å². The molecule has 0 aliphatic heterocycles. The maximum absolute atomic E-state index is 11.4. The zero-order valence-electron chi connectivity index (χ0n) is 10.9. The first-order valence-corrected chi connectivity index (χ1v) is 5.68. The van der Waals surface area contributed by atoms with E-state index in [9.17, 15) is 4.79 Å². The lowest BCUT2D eigenvalue weighted by molar-refractivity contribution is 0.172. The Morgan fingerprint density at radius 2 is 2.18 bits per heavy atom. The second kappa shape index (κ2) is 6.25. The molecule has 0 bridgehead atoms. The summed E-state index contributed by atoms with van der Waals surface area (Å²) in [6.07, 6.45) is 0.549. The van der Waals surface area contributed by atoms with Crippen LogP contribution in [0.4, 0.5) is 4.79 Å². The lowest BCUT2D eigenvalue weighted by Gasteiger charge is -2.13. The largest absolute Gasteiger partial charge is 0.414 e. The van der Waals surface area contributed by atoms with Gasteiger partial charge in [-0.05, 0) is 38.1 Å². The van der Waals surface area contributed by atoms with Crippen molar-refractivity contribution < 1.29 is 9.53 Å². The molecule has 0 radical (unpaired) electrons. The van der Waals surface area contributed by atoms with Crippen LogP contribution in [0.3, 0.4) is 0 Å². The number of nitrogens with zero attached hydrogens (tertiary/aromatic N) is 1. The number of benzene rings is 1. The third-order valence-corrected chi connectivity index (χ3v) is 2.50. The lowest BCUT2D eigenvalue weighted by atomic mass is 10.1.